The number of primary amides is 1. The number of hydrogen-bond acceptors (Lipinski definition) is 2. The molecule has 21 heavy (non-hydrogen) atoms. The number of halogens is 2. The summed E-state index contributed by atoms with van der Waals surface area (Å²) >= 11 is 2.16. The zero-order valence-corrected chi connectivity index (χ0v) is 13.2. The topological polar surface area (TPSA) is 52.3 Å². The van der Waals surface area contributed by atoms with E-state index in [4.69, 9.17) is 10.5 Å². The largest absolute Gasteiger partial charge is 0.488 e. The first-order chi connectivity index (χ1) is 10.0. The van der Waals surface area contributed by atoms with Crippen molar-refractivity contribution in [1.29, 1.82) is 0 Å². The number of ether oxygens (including phenoxy) is 1. The van der Waals surface area contributed by atoms with Gasteiger partial charge in [0.2, 0.25) is 5.91 Å². The molecule has 0 saturated heterocycles. The molecule has 2 aromatic carbocycles. The van der Waals surface area contributed by atoms with E-state index in [1.165, 1.54) is 18.2 Å². The van der Waals surface area contributed by atoms with E-state index < -0.39 is 5.91 Å². The van der Waals surface area contributed by atoms with Crippen molar-refractivity contribution in [1.82, 2.24) is 0 Å². The Hall–Kier alpha value is -1.89. The molecule has 5 heteroatoms. The smallest absolute Gasteiger partial charge is 0.241 e. The van der Waals surface area contributed by atoms with Gasteiger partial charge in [0.1, 0.15) is 18.2 Å². The first-order valence-electron chi connectivity index (χ1n) is 6.19. The number of benzene rings is 2. The van der Waals surface area contributed by atoms with Gasteiger partial charge in [0.25, 0.3) is 0 Å². The van der Waals surface area contributed by atoms with Gasteiger partial charge < -0.3 is 10.5 Å². The fourth-order valence-electron chi connectivity index (χ4n) is 1.66. The predicted molar refractivity (Wildman–Crippen MR) is 88.1 cm³/mol. The van der Waals surface area contributed by atoms with Crippen LogP contribution < -0.4 is 10.5 Å². The maximum absolute atomic E-state index is 12.8. The van der Waals surface area contributed by atoms with E-state index in [0.717, 1.165) is 20.4 Å². The molecule has 0 spiro atoms. The van der Waals surface area contributed by atoms with Gasteiger partial charge in [-0.2, -0.15) is 0 Å². The number of amides is 1. The molecule has 0 fully saturated rings. The summed E-state index contributed by atoms with van der Waals surface area (Å²) in [5, 5.41) is 0. The van der Waals surface area contributed by atoms with Crippen LogP contribution in [0.4, 0.5) is 4.39 Å². The molecule has 2 rings (SSSR count). The highest BCUT2D eigenvalue weighted by molar-refractivity contribution is 14.1. The van der Waals surface area contributed by atoms with Gasteiger partial charge in [0, 0.05) is 6.08 Å². The third-order valence-corrected chi connectivity index (χ3v) is 3.55. The lowest BCUT2D eigenvalue weighted by Gasteiger charge is -2.09. The van der Waals surface area contributed by atoms with Crippen LogP contribution in [0.2, 0.25) is 0 Å². The minimum atomic E-state index is -0.485. The zero-order valence-electron chi connectivity index (χ0n) is 11.1. The maximum Gasteiger partial charge on any atom is 0.241 e. The zero-order chi connectivity index (χ0) is 15.2. The minimum absolute atomic E-state index is 0.265. The van der Waals surface area contributed by atoms with Crippen molar-refractivity contribution in [3.63, 3.8) is 0 Å². The van der Waals surface area contributed by atoms with Crippen molar-refractivity contribution in [2.45, 2.75) is 6.61 Å². The number of nitrogens with two attached hydrogens (primary N) is 1. The molecule has 0 bridgehead atoms. The molecule has 0 aliphatic rings. The third-order valence-electron chi connectivity index (χ3n) is 2.70. The molecular weight excluding hydrogens is 384 g/mol. The second kappa shape index (κ2) is 7.21. The van der Waals surface area contributed by atoms with Gasteiger partial charge in [-0.15, -0.1) is 0 Å². The van der Waals surface area contributed by atoms with Crippen LogP contribution in [0.25, 0.3) is 6.08 Å². The average Bonchev–Trinajstić information content (AvgIpc) is 2.46. The van der Waals surface area contributed by atoms with E-state index in [9.17, 15) is 9.18 Å². The van der Waals surface area contributed by atoms with Gasteiger partial charge in [-0.05, 0) is 64.1 Å². The lowest BCUT2D eigenvalue weighted by atomic mass is 10.2. The molecule has 3 nitrogen and oxygen atoms in total. The number of carbonyl (C=O) groups excluding carboxylic acids is 1. The summed E-state index contributed by atoms with van der Waals surface area (Å²) in [6.45, 7) is 0.368. The first kappa shape index (κ1) is 15.5. The molecule has 2 aromatic rings. The van der Waals surface area contributed by atoms with Crippen LogP contribution in [0.15, 0.2) is 48.5 Å². The summed E-state index contributed by atoms with van der Waals surface area (Å²) < 4.78 is 19.4. The van der Waals surface area contributed by atoms with Crippen LogP contribution in [0.5, 0.6) is 5.75 Å². The summed E-state index contributed by atoms with van der Waals surface area (Å²) in [7, 11) is 0. The van der Waals surface area contributed by atoms with Crippen LogP contribution >= 0.6 is 22.6 Å². The SMILES string of the molecule is NC(=O)/C=C/c1ccc(OCc2ccc(F)cc2)c(I)c1. The monoisotopic (exact) mass is 397 g/mol. The van der Waals surface area contributed by atoms with E-state index in [-0.39, 0.29) is 5.82 Å². The van der Waals surface area contributed by atoms with Gasteiger partial charge >= 0.3 is 0 Å². The van der Waals surface area contributed by atoms with Crippen molar-refractivity contribution in [3.8, 4) is 5.75 Å². The molecule has 0 unspecified atom stereocenters. The lowest BCUT2D eigenvalue weighted by Crippen LogP contribution is -2.05. The molecule has 2 N–H and O–H groups in total. The summed E-state index contributed by atoms with van der Waals surface area (Å²) in [4.78, 5) is 10.7. The van der Waals surface area contributed by atoms with Crippen LogP contribution in [-0.4, -0.2) is 5.91 Å². The van der Waals surface area contributed by atoms with Crippen molar-refractivity contribution < 1.29 is 13.9 Å². The van der Waals surface area contributed by atoms with E-state index in [2.05, 4.69) is 22.6 Å². The molecule has 108 valence electrons. The normalized spacial score (nSPS) is 10.8. The average molecular weight is 397 g/mol. The molecule has 0 aromatic heterocycles. The Morgan fingerprint density at radius 3 is 2.57 bits per heavy atom. The van der Waals surface area contributed by atoms with Gasteiger partial charge in [0.05, 0.1) is 3.57 Å². The highest BCUT2D eigenvalue weighted by Crippen LogP contribution is 2.23. The Morgan fingerprint density at radius 2 is 1.95 bits per heavy atom. The molecule has 0 aliphatic heterocycles. The number of rotatable bonds is 5. The standard InChI is InChI=1S/C16H13FINO2/c17-13-5-1-12(2-6-13)10-21-15-7-3-11(9-14(15)18)4-8-16(19)20/h1-9H,10H2,(H2,19,20)/b8-4+. The van der Waals surface area contributed by atoms with E-state index in [0.29, 0.717) is 6.61 Å². The van der Waals surface area contributed by atoms with Crippen molar-refractivity contribution in [3.05, 3.63) is 69.1 Å². The fraction of sp³-hybridized carbons (Fsp3) is 0.0625. The Balaban J connectivity index is 2.04. The highest BCUT2D eigenvalue weighted by Gasteiger charge is 2.03. The summed E-state index contributed by atoms with van der Waals surface area (Å²) in [5.41, 5.74) is 6.81. The van der Waals surface area contributed by atoms with Gasteiger partial charge in [-0.1, -0.05) is 18.2 Å². The van der Waals surface area contributed by atoms with E-state index in [1.54, 1.807) is 18.2 Å². The summed E-state index contributed by atoms with van der Waals surface area (Å²) in [6.07, 6.45) is 2.96. The Kier molecular flexibility index (Phi) is 5.32. The predicted octanol–water partition coefficient (Wildman–Crippen LogP) is 3.51. The molecule has 0 heterocycles. The molecule has 0 saturated carbocycles. The van der Waals surface area contributed by atoms with Crippen LogP contribution in [0.3, 0.4) is 0 Å². The third kappa shape index (κ3) is 4.86. The van der Waals surface area contributed by atoms with E-state index in [1.807, 2.05) is 18.2 Å². The molecule has 0 atom stereocenters. The second-order valence-corrected chi connectivity index (χ2v) is 5.50. The minimum Gasteiger partial charge on any atom is -0.488 e. The maximum atomic E-state index is 12.8. The summed E-state index contributed by atoms with van der Waals surface area (Å²) in [5.74, 6) is -0.0169. The van der Waals surface area contributed by atoms with Gasteiger partial charge in [0.15, 0.2) is 0 Å². The second-order valence-electron chi connectivity index (χ2n) is 4.34. The number of carbonyl (C=O) groups is 1. The van der Waals surface area contributed by atoms with E-state index >= 15 is 0 Å². The Morgan fingerprint density at radius 1 is 1.24 bits per heavy atom. The highest BCUT2D eigenvalue weighted by atomic mass is 127. The lowest BCUT2D eigenvalue weighted by molar-refractivity contribution is -0.113. The first-order valence-corrected chi connectivity index (χ1v) is 7.27. The van der Waals surface area contributed by atoms with Crippen molar-refractivity contribution in [2.75, 3.05) is 0 Å². The Labute approximate surface area is 135 Å². The number of hydrogen-bond donors (Lipinski definition) is 1. The van der Waals surface area contributed by atoms with Crippen LogP contribution in [-0.2, 0) is 11.4 Å². The molecular formula is C16H13FINO2. The van der Waals surface area contributed by atoms with Gasteiger partial charge in [-0.25, -0.2) is 4.39 Å². The van der Waals surface area contributed by atoms with Gasteiger partial charge in [-0.3, -0.25) is 4.79 Å². The fourth-order valence-corrected chi connectivity index (χ4v) is 2.35. The van der Waals surface area contributed by atoms with Crippen molar-refractivity contribution in [2.24, 2.45) is 5.73 Å². The molecule has 1 amide bonds. The quantitative estimate of drug-likeness (QED) is 0.620. The van der Waals surface area contributed by atoms with Crippen molar-refractivity contribution >= 4 is 34.6 Å². The summed E-state index contributed by atoms with van der Waals surface area (Å²) in [6, 6.07) is 11.7. The molecule has 0 radical (unpaired) electrons. The Bertz CT molecular complexity index is 668. The van der Waals surface area contributed by atoms with Crippen LogP contribution in [0.1, 0.15) is 11.1 Å². The van der Waals surface area contributed by atoms with Crippen LogP contribution in [0, 0.1) is 9.39 Å². The molecule has 0 aliphatic carbocycles.